The van der Waals surface area contributed by atoms with E-state index in [1.807, 2.05) is 36.1 Å². The van der Waals surface area contributed by atoms with Gasteiger partial charge in [-0.1, -0.05) is 25.0 Å². The molecule has 136 valence electrons. The molecule has 0 spiro atoms. The lowest BCUT2D eigenvalue weighted by Gasteiger charge is -2.40. The number of rotatable bonds is 5. The SMILES string of the molecule is CCN1C(=O)CC[C@@H](C(=O)NC2CCCC2)[C@@H]1c1cccc(OC)c1. The second-order valence-electron chi connectivity index (χ2n) is 7.04. The summed E-state index contributed by atoms with van der Waals surface area (Å²) in [4.78, 5) is 27.3. The topological polar surface area (TPSA) is 58.6 Å². The van der Waals surface area contributed by atoms with E-state index in [-0.39, 0.29) is 23.8 Å². The lowest BCUT2D eigenvalue weighted by Crippen LogP contribution is -2.49. The molecule has 2 atom stereocenters. The zero-order chi connectivity index (χ0) is 17.8. The van der Waals surface area contributed by atoms with E-state index >= 15 is 0 Å². The summed E-state index contributed by atoms with van der Waals surface area (Å²) >= 11 is 0. The molecule has 2 aliphatic rings. The van der Waals surface area contributed by atoms with Gasteiger partial charge in [0.1, 0.15) is 5.75 Å². The van der Waals surface area contributed by atoms with E-state index < -0.39 is 0 Å². The number of nitrogens with one attached hydrogen (secondary N) is 1. The highest BCUT2D eigenvalue weighted by atomic mass is 16.5. The molecule has 2 fully saturated rings. The molecule has 0 radical (unpaired) electrons. The van der Waals surface area contributed by atoms with E-state index in [1.165, 1.54) is 12.8 Å². The Morgan fingerprint density at radius 3 is 2.72 bits per heavy atom. The van der Waals surface area contributed by atoms with Gasteiger partial charge < -0.3 is 15.0 Å². The Morgan fingerprint density at radius 2 is 2.04 bits per heavy atom. The molecule has 3 rings (SSSR count). The van der Waals surface area contributed by atoms with Crippen LogP contribution >= 0.6 is 0 Å². The van der Waals surface area contributed by atoms with E-state index in [2.05, 4.69) is 5.32 Å². The molecule has 0 aromatic heterocycles. The minimum Gasteiger partial charge on any atom is -0.497 e. The maximum atomic E-state index is 13.0. The van der Waals surface area contributed by atoms with Crippen LogP contribution in [0.3, 0.4) is 0 Å². The fraction of sp³-hybridized carbons (Fsp3) is 0.600. The fourth-order valence-corrected chi connectivity index (χ4v) is 4.22. The number of hydrogen-bond acceptors (Lipinski definition) is 3. The smallest absolute Gasteiger partial charge is 0.225 e. The Kier molecular flexibility index (Phi) is 5.61. The molecular formula is C20H28N2O3. The number of benzene rings is 1. The summed E-state index contributed by atoms with van der Waals surface area (Å²) in [7, 11) is 1.63. The summed E-state index contributed by atoms with van der Waals surface area (Å²) in [5.74, 6) is 0.762. The maximum Gasteiger partial charge on any atom is 0.225 e. The van der Waals surface area contributed by atoms with Gasteiger partial charge in [0, 0.05) is 19.0 Å². The molecule has 1 aromatic rings. The van der Waals surface area contributed by atoms with Crippen LogP contribution in [0.2, 0.25) is 0 Å². The molecule has 1 aliphatic heterocycles. The zero-order valence-electron chi connectivity index (χ0n) is 15.2. The molecule has 1 aliphatic carbocycles. The van der Waals surface area contributed by atoms with Crippen LogP contribution in [0.4, 0.5) is 0 Å². The lowest BCUT2D eigenvalue weighted by atomic mass is 9.83. The number of carbonyl (C=O) groups excluding carboxylic acids is 2. The van der Waals surface area contributed by atoms with Crippen molar-refractivity contribution >= 4 is 11.8 Å². The second kappa shape index (κ2) is 7.89. The molecule has 5 heteroatoms. The van der Waals surface area contributed by atoms with Gasteiger partial charge in [0.05, 0.1) is 19.1 Å². The van der Waals surface area contributed by atoms with Crippen LogP contribution in [-0.4, -0.2) is 36.4 Å². The standard InChI is InChI=1S/C20H28N2O3/c1-3-22-18(23)12-11-17(20(24)21-15-8-4-5-9-15)19(22)14-7-6-10-16(13-14)25-2/h6-7,10,13,15,17,19H,3-5,8-9,11-12H2,1-2H3,(H,21,24)/t17-,19+/m1/s1. The van der Waals surface area contributed by atoms with Crippen molar-refractivity contribution in [3.05, 3.63) is 29.8 Å². The third-order valence-electron chi connectivity index (χ3n) is 5.52. The van der Waals surface area contributed by atoms with Gasteiger partial charge in [-0.15, -0.1) is 0 Å². The van der Waals surface area contributed by atoms with Crippen molar-refractivity contribution in [2.75, 3.05) is 13.7 Å². The van der Waals surface area contributed by atoms with E-state index in [4.69, 9.17) is 4.74 Å². The van der Waals surface area contributed by atoms with Crippen LogP contribution < -0.4 is 10.1 Å². The second-order valence-corrected chi connectivity index (χ2v) is 7.04. The highest BCUT2D eigenvalue weighted by Crippen LogP contribution is 2.38. The molecule has 1 aromatic carbocycles. The van der Waals surface area contributed by atoms with Crippen molar-refractivity contribution in [1.29, 1.82) is 0 Å². The third kappa shape index (κ3) is 3.80. The Hall–Kier alpha value is -2.04. The van der Waals surface area contributed by atoms with Gasteiger partial charge in [-0.05, 0) is 43.9 Å². The summed E-state index contributed by atoms with van der Waals surface area (Å²) in [5.41, 5.74) is 0.973. The van der Waals surface area contributed by atoms with Crippen LogP contribution in [-0.2, 0) is 9.59 Å². The summed E-state index contributed by atoms with van der Waals surface area (Å²) in [5, 5.41) is 3.23. The number of likely N-dealkylation sites (tertiary alicyclic amines) is 1. The molecule has 2 amide bonds. The van der Waals surface area contributed by atoms with Gasteiger partial charge in [0.15, 0.2) is 0 Å². The van der Waals surface area contributed by atoms with Crippen molar-refractivity contribution in [2.24, 2.45) is 5.92 Å². The molecule has 1 saturated carbocycles. The predicted octanol–water partition coefficient (Wildman–Crippen LogP) is 3.05. The number of nitrogens with zero attached hydrogens (tertiary/aromatic N) is 1. The van der Waals surface area contributed by atoms with E-state index in [0.29, 0.717) is 25.4 Å². The first kappa shape index (κ1) is 17.8. The Labute approximate surface area is 149 Å². The van der Waals surface area contributed by atoms with E-state index in [9.17, 15) is 9.59 Å². The number of piperidine rings is 1. The fourth-order valence-electron chi connectivity index (χ4n) is 4.22. The Morgan fingerprint density at radius 1 is 1.28 bits per heavy atom. The summed E-state index contributed by atoms with van der Waals surface area (Å²) in [6.45, 7) is 2.58. The van der Waals surface area contributed by atoms with Crippen molar-refractivity contribution < 1.29 is 14.3 Å². The number of carbonyl (C=O) groups is 2. The van der Waals surface area contributed by atoms with Crippen molar-refractivity contribution in [1.82, 2.24) is 10.2 Å². The van der Waals surface area contributed by atoms with Gasteiger partial charge >= 0.3 is 0 Å². The Balaban J connectivity index is 1.87. The minimum atomic E-state index is -0.220. The predicted molar refractivity (Wildman–Crippen MR) is 96.2 cm³/mol. The molecule has 25 heavy (non-hydrogen) atoms. The lowest BCUT2D eigenvalue weighted by molar-refractivity contribution is -0.143. The van der Waals surface area contributed by atoms with Gasteiger partial charge in [-0.25, -0.2) is 0 Å². The van der Waals surface area contributed by atoms with Crippen LogP contribution in [0.15, 0.2) is 24.3 Å². The van der Waals surface area contributed by atoms with Crippen molar-refractivity contribution in [2.45, 2.75) is 57.5 Å². The number of hydrogen-bond donors (Lipinski definition) is 1. The largest absolute Gasteiger partial charge is 0.497 e. The average Bonchev–Trinajstić information content (AvgIpc) is 3.14. The highest BCUT2D eigenvalue weighted by molar-refractivity contribution is 5.85. The summed E-state index contributed by atoms with van der Waals surface area (Å²) < 4.78 is 5.34. The molecule has 1 heterocycles. The van der Waals surface area contributed by atoms with Gasteiger partial charge in [-0.3, -0.25) is 9.59 Å². The van der Waals surface area contributed by atoms with Crippen LogP contribution in [0.1, 0.15) is 57.1 Å². The van der Waals surface area contributed by atoms with Gasteiger partial charge in [0.25, 0.3) is 0 Å². The number of ether oxygens (including phenoxy) is 1. The quantitative estimate of drug-likeness (QED) is 0.893. The van der Waals surface area contributed by atoms with E-state index in [0.717, 1.165) is 24.2 Å². The minimum absolute atomic E-state index is 0.0886. The first-order valence-electron chi connectivity index (χ1n) is 9.37. The molecular weight excluding hydrogens is 316 g/mol. The first-order valence-corrected chi connectivity index (χ1v) is 9.37. The normalized spacial score (nSPS) is 24.4. The molecule has 1 saturated heterocycles. The summed E-state index contributed by atoms with van der Waals surface area (Å²) in [6.07, 6.45) is 5.56. The van der Waals surface area contributed by atoms with E-state index in [1.54, 1.807) is 7.11 Å². The molecule has 0 bridgehead atoms. The maximum absolute atomic E-state index is 13.0. The molecule has 5 nitrogen and oxygen atoms in total. The average molecular weight is 344 g/mol. The number of amides is 2. The molecule has 1 N–H and O–H groups in total. The number of methoxy groups -OCH3 is 1. The monoisotopic (exact) mass is 344 g/mol. The summed E-state index contributed by atoms with van der Waals surface area (Å²) in [6, 6.07) is 7.82. The van der Waals surface area contributed by atoms with Gasteiger partial charge in [0.2, 0.25) is 11.8 Å². The van der Waals surface area contributed by atoms with Crippen molar-refractivity contribution in [3.63, 3.8) is 0 Å². The highest BCUT2D eigenvalue weighted by Gasteiger charge is 2.40. The zero-order valence-corrected chi connectivity index (χ0v) is 15.2. The van der Waals surface area contributed by atoms with Crippen LogP contribution in [0.25, 0.3) is 0 Å². The van der Waals surface area contributed by atoms with Gasteiger partial charge in [-0.2, -0.15) is 0 Å². The van der Waals surface area contributed by atoms with Crippen molar-refractivity contribution in [3.8, 4) is 5.75 Å². The Bertz CT molecular complexity index is 625. The first-order chi connectivity index (χ1) is 12.1. The van der Waals surface area contributed by atoms with Crippen LogP contribution in [0.5, 0.6) is 5.75 Å². The molecule has 0 unspecified atom stereocenters. The third-order valence-corrected chi connectivity index (χ3v) is 5.52. The van der Waals surface area contributed by atoms with Crippen LogP contribution in [0, 0.1) is 5.92 Å².